The molecule has 3 N–H and O–H groups in total. The summed E-state index contributed by atoms with van der Waals surface area (Å²) < 4.78 is 5.10. The van der Waals surface area contributed by atoms with Crippen molar-refractivity contribution in [1.82, 2.24) is 15.3 Å². The summed E-state index contributed by atoms with van der Waals surface area (Å²) in [6.45, 7) is 0. The highest BCUT2D eigenvalue weighted by Crippen LogP contribution is 2.38. The van der Waals surface area contributed by atoms with Gasteiger partial charge in [0.2, 0.25) is 5.88 Å². The molecule has 1 amide bonds. The molecule has 0 saturated heterocycles. The average Bonchev–Trinajstić information content (AvgIpc) is 2.70. The van der Waals surface area contributed by atoms with E-state index in [1.54, 1.807) is 43.6 Å². The molecule has 1 atom stereocenters. The van der Waals surface area contributed by atoms with Gasteiger partial charge in [0.1, 0.15) is 0 Å². The number of nitrogens with zero attached hydrogens (tertiary/aromatic N) is 1. The number of aromatic nitrogens is 2. The highest BCUT2D eigenvalue weighted by atomic mass is 16.5. The number of benzene rings is 1. The second-order valence-corrected chi connectivity index (χ2v) is 7.05. The van der Waals surface area contributed by atoms with Crippen molar-refractivity contribution in [1.29, 1.82) is 0 Å². The summed E-state index contributed by atoms with van der Waals surface area (Å²) in [7, 11) is 1.55. The molecule has 144 valence electrons. The second-order valence-electron chi connectivity index (χ2n) is 7.05. The van der Waals surface area contributed by atoms with Crippen LogP contribution in [-0.4, -0.2) is 34.2 Å². The van der Waals surface area contributed by atoms with E-state index in [1.807, 2.05) is 6.07 Å². The number of aliphatic hydroxyl groups is 1. The van der Waals surface area contributed by atoms with E-state index in [9.17, 15) is 14.7 Å². The molecule has 1 fully saturated rings. The summed E-state index contributed by atoms with van der Waals surface area (Å²) in [5.41, 5.74) is 1.02. The number of fused-ring (bicyclic) bond motifs is 1. The molecule has 0 bridgehead atoms. The Balaban J connectivity index is 1.66. The van der Waals surface area contributed by atoms with Crippen molar-refractivity contribution in [3.05, 3.63) is 70.3 Å². The molecule has 3 aromatic rings. The monoisotopic (exact) mass is 379 g/mol. The van der Waals surface area contributed by atoms with Crippen molar-refractivity contribution in [3.63, 3.8) is 0 Å². The number of aliphatic hydroxyl groups excluding tert-OH is 1. The van der Waals surface area contributed by atoms with E-state index in [0.29, 0.717) is 35.1 Å². The largest absolute Gasteiger partial charge is 0.481 e. The Morgan fingerprint density at radius 3 is 2.64 bits per heavy atom. The van der Waals surface area contributed by atoms with Crippen molar-refractivity contribution in [2.24, 2.45) is 5.92 Å². The molecule has 1 aromatic carbocycles. The first kappa shape index (κ1) is 18.2. The van der Waals surface area contributed by atoms with Crippen LogP contribution in [0.3, 0.4) is 0 Å². The van der Waals surface area contributed by atoms with Crippen LogP contribution >= 0.6 is 0 Å². The molecule has 28 heavy (non-hydrogen) atoms. The van der Waals surface area contributed by atoms with E-state index in [-0.39, 0.29) is 29.5 Å². The Morgan fingerprint density at radius 2 is 2.00 bits per heavy atom. The van der Waals surface area contributed by atoms with Crippen molar-refractivity contribution in [2.75, 3.05) is 7.11 Å². The van der Waals surface area contributed by atoms with Crippen molar-refractivity contribution < 1.29 is 14.6 Å². The van der Waals surface area contributed by atoms with Gasteiger partial charge in [-0.3, -0.25) is 9.59 Å². The Labute approximate surface area is 161 Å². The van der Waals surface area contributed by atoms with Crippen molar-refractivity contribution in [3.8, 4) is 5.88 Å². The SMILES string of the molecule is COc1ccc([C@@H](NC(=O)c2c[nH]c(=O)c3ccccc23)C2CC(O)C2)cn1. The number of pyridine rings is 2. The maximum Gasteiger partial charge on any atom is 0.255 e. The third-order valence-electron chi connectivity index (χ3n) is 5.29. The molecule has 0 aliphatic heterocycles. The fourth-order valence-electron chi connectivity index (χ4n) is 3.69. The lowest BCUT2D eigenvalue weighted by atomic mass is 9.75. The number of hydrogen-bond acceptors (Lipinski definition) is 5. The quantitative estimate of drug-likeness (QED) is 0.630. The molecule has 0 unspecified atom stereocenters. The maximum absolute atomic E-state index is 13.1. The van der Waals surface area contributed by atoms with Crippen LogP contribution in [0.1, 0.15) is 34.8 Å². The number of H-pyrrole nitrogens is 1. The van der Waals surface area contributed by atoms with Gasteiger partial charge in [0.25, 0.3) is 11.5 Å². The molecule has 0 spiro atoms. The zero-order valence-corrected chi connectivity index (χ0v) is 15.4. The van der Waals surface area contributed by atoms with Crippen LogP contribution in [0.25, 0.3) is 10.8 Å². The van der Waals surface area contributed by atoms with Crippen LogP contribution in [0.15, 0.2) is 53.6 Å². The first-order valence-electron chi connectivity index (χ1n) is 9.16. The average molecular weight is 379 g/mol. The topological polar surface area (TPSA) is 104 Å². The molecule has 7 heteroatoms. The first-order chi connectivity index (χ1) is 13.6. The van der Waals surface area contributed by atoms with Crippen LogP contribution in [0.4, 0.5) is 0 Å². The van der Waals surface area contributed by atoms with Crippen molar-refractivity contribution >= 4 is 16.7 Å². The minimum Gasteiger partial charge on any atom is -0.481 e. The predicted octanol–water partition coefficient (Wildman–Crippen LogP) is 2.17. The van der Waals surface area contributed by atoms with Crippen molar-refractivity contribution in [2.45, 2.75) is 25.0 Å². The van der Waals surface area contributed by atoms with E-state index >= 15 is 0 Å². The smallest absolute Gasteiger partial charge is 0.255 e. The number of nitrogens with one attached hydrogen (secondary N) is 2. The Hall–Kier alpha value is -3.19. The zero-order chi connectivity index (χ0) is 19.7. The fourth-order valence-corrected chi connectivity index (χ4v) is 3.69. The number of rotatable bonds is 5. The van der Waals surface area contributed by atoms with Gasteiger partial charge in [0, 0.05) is 29.2 Å². The van der Waals surface area contributed by atoms with Gasteiger partial charge >= 0.3 is 0 Å². The summed E-state index contributed by atoms with van der Waals surface area (Å²) in [5.74, 6) is 0.326. The van der Waals surface area contributed by atoms with E-state index in [4.69, 9.17) is 4.74 Å². The van der Waals surface area contributed by atoms with Crippen LogP contribution in [0.5, 0.6) is 5.88 Å². The summed E-state index contributed by atoms with van der Waals surface area (Å²) in [6, 6.07) is 10.3. The number of ether oxygens (including phenoxy) is 1. The van der Waals surface area contributed by atoms with Gasteiger partial charge < -0.3 is 20.1 Å². The predicted molar refractivity (Wildman–Crippen MR) is 104 cm³/mol. The van der Waals surface area contributed by atoms with Crippen LogP contribution in [0, 0.1) is 5.92 Å². The third-order valence-corrected chi connectivity index (χ3v) is 5.29. The van der Waals surface area contributed by atoms with E-state index in [0.717, 1.165) is 5.56 Å². The summed E-state index contributed by atoms with van der Waals surface area (Å²) in [4.78, 5) is 32.0. The molecule has 1 aliphatic rings. The number of carbonyl (C=O) groups excluding carboxylic acids is 1. The standard InChI is InChI=1S/C21H21N3O4/c1-28-18-7-6-12(10-22-18)19(13-8-14(25)9-13)24-21(27)17-11-23-20(26)16-5-3-2-4-15(16)17/h2-7,10-11,13-14,19,25H,8-9H2,1H3,(H,23,26)(H,24,27)/t13?,14?,19-/m1/s1. The number of aromatic amines is 1. The molecule has 7 nitrogen and oxygen atoms in total. The van der Waals surface area contributed by atoms with Gasteiger partial charge in [-0.15, -0.1) is 0 Å². The normalized spacial score (nSPS) is 19.6. The first-order valence-corrected chi connectivity index (χ1v) is 9.16. The van der Waals surface area contributed by atoms with Gasteiger partial charge in [-0.1, -0.05) is 24.3 Å². The third kappa shape index (κ3) is 3.36. The molecular weight excluding hydrogens is 358 g/mol. The minimum atomic E-state index is -0.343. The highest BCUT2D eigenvalue weighted by molar-refractivity contribution is 6.06. The summed E-state index contributed by atoms with van der Waals surface area (Å²) in [5, 5.41) is 13.9. The molecule has 1 saturated carbocycles. The van der Waals surface area contributed by atoms with E-state index in [2.05, 4.69) is 15.3 Å². The number of carbonyl (C=O) groups is 1. The second kappa shape index (κ2) is 7.44. The van der Waals surface area contributed by atoms with Crippen LogP contribution < -0.4 is 15.6 Å². The molecule has 0 radical (unpaired) electrons. The molecule has 2 aromatic heterocycles. The van der Waals surface area contributed by atoms with Gasteiger partial charge in [-0.05, 0) is 30.4 Å². The minimum absolute atomic E-state index is 0.114. The number of methoxy groups -OCH3 is 1. The maximum atomic E-state index is 13.1. The fraction of sp³-hybridized carbons (Fsp3) is 0.286. The number of amides is 1. The molecule has 2 heterocycles. The lowest BCUT2D eigenvalue weighted by Gasteiger charge is -2.38. The highest BCUT2D eigenvalue weighted by Gasteiger charge is 2.36. The van der Waals surface area contributed by atoms with Gasteiger partial charge in [0.15, 0.2) is 0 Å². The van der Waals surface area contributed by atoms with E-state index in [1.165, 1.54) is 6.20 Å². The van der Waals surface area contributed by atoms with E-state index < -0.39 is 0 Å². The van der Waals surface area contributed by atoms with Gasteiger partial charge in [-0.25, -0.2) is 4.98 Å². The molecule has 1 aliphatic carbocycles. The number of hydrogen-bond donors (Lipinski definition) is 3. The Bertz CT molecular complexity index is 1060. The van der Waals surface area contributed by atoms with Crippen LogP contribution in [-0.2, 0) is 0 Å². The molecule has 4 rings (SSSR count). The lowest BCUT2D eigenvalue weighted by Crippen LogP contribution is -2.41. The molecular formula is C21H21N3O4. The zero-order valence-electron chi connectivity index (χ0n) is 15.4. The Morgan fingerprint density at radius 1 is 1.25 bits per heavy atom. The Kier molecular flexibility index (Phi) is 4.83. The lowest BCUT2D eigenvalue weighted by molar-refractivity contribution is 0.0234. The summed E-state index contributed by atoms with van der Waals surface area (Å²) in [6.07, 6.45) is 4.01. The van der Waals surface area contributed by atoms with Gasteiger partial charge in [0.05, 0.1) is 24.8 Å². The summed E-state index contributed by atoms with van der Waals surface area (Å²) >= 11 is 0. The van der Waals surface area contributed by atoms with Gasteiger partial charge in [-0.2, -0.15) is 0 Å². The van der Waals surface area contributed by atoms with Crippen LogP contribution in [0.2, 0.25) is 0 Å².